The smallest absolute Gasteiger partial charge is 0.319 e. The van der Waals surface area contributed by atoms with Crippen LogP contribution in [0.1, 0.15) is 25.3 Å². The molecule has 2 heterocycles. The van der Waals surface area contributed by atoms with Crippen molar-refractivity contribution in [3.8, 4) is 11.4 Å². The number of likely N-dealkylation sites (tertiary alicyclic amines) is 1. The van der Waals surface area contributed by atoms with Gasteiger partial charge < -0.3 is 20.9 Å². The molecule has 0 spiro atoms. The molecule has 4 amide bonds. The van der Waals surface area contributed by atoms with Gasteiger partial charge in [-0.1, -0.05) is 24.3 Å². The maximum absolute atomic E-state index is 13.3. The van der Waals surface area contributed by atoms with Gasteiger partial charge in [0, 0.05) is 44.9 Å². The molecule has 0 bridgehead atoms. The Balaban J connectivity index is 1.34. The SMILES string of the molecule is CC(=O)N[C@H](CNC(=O)Nc1cccc(-c2nnnn2C)c1)C(=O)N1CCC[C@@H](Cc2ccc(F)cc2)C1. The van der Waals surface area contributed by atoms with E-state index in [1.165, 1.54) is 23.7 Å². The van der Waals surface area contributed by atoms with Crippen LogP contribution in [0.2, 0.25) is 0 Å². The highest BCUT2D eigenvalue weighted by Crippen LogP contribution is 2.22. The van der Waals surface area contributed by atoms with Gasteiger partial charge >= 0.3 is 6.03 Å². The predicted molar refractivity (Wildman–Crippen MR) is 138 cm³/mol. The van der Waals surface area contributed by atoms with Crippen molar-refractivity contribution >= 4 is 23.5 Å². The second-order valence-electron chi connectivity index (χ2n) is 9.42. The highest BCUT2D eigenvalue weighted by molar-refractivity contribution is 5.91. The summed E-state index contributed by atoms with van der Waals surface area (Å²) in [7, 11) is 1.72. The number of aryl methyl sites for hydroxylation is 1. The van der Waals surface area contributed by atoms with Crippen LogP contribution in [0.3, 0.4) is 0 Å². The molecule has 0 unspecified atom stereocenters. The Labute approximate surface area is 219 Å². The molecule has 38 heavy (non-hydrogen) atoms. The summed E-state index contributed by atoms with van der Waals surface area (Å²) in [5, 5.41) is 19.5. The Hall–Kier alpha value is -4.35. The molecule has 1 saturated heterocycles. The van der Waals surface area contributed by atoms with Crippen LogP contribution in [-0.4, -0.2) is 68.6 Å². The molecule has 200 valence electrons. The average Bonchev–Trinajstić information content (AvgIpc) is 3.33. The summed E-state index contributed by atoms with van der Waals surface area (Å²) >= 11 is 0. The number of urea groups is 1. The third-order valence-corrected chi connectivity index (χ3v) is 6.41. The van der Waals surface area contributed by atoms with Gasteiger partial charge in [-0.25, -0.2) is 13.9 Å². The molecule has 1 aliphatic heterocycles. The molecule has 3 aromatic rings. The second-order valence-corrected chi connectivity index (χ2v) is 9.42. The van der Waals surface area contributed by atoms with E-state index in [9.17, 15) is 18.8 Å². The molecular weight excluding hydrogens is 491 g/mol. The first kappa shape index (κ1) is 26.7. The summed E-state index contributed by atoms with van der Waals surface area (Å²) in [5.41, 5.74) is 2.26. The van der Waals surface area contributed by atoms with Gasteiger partial charge in [0.25, 0.3) is 0 Å². The number of nitrogens with one attached hydrogen (secondary N) is 3. The quantitative estimate of drug-likeness (QED) is 0.415. The second kappa shape index (κ2) is 12.3. The number of hydrogen-bond donors (Lipinski definition) is 3. The molecule has 1 aromatic heterocycles. The van der Waals surface area contributed by atoms with Gasteiger partial charge in [-0.15, -0.1) is 5.10 Å². The number of rotatable bonds is 8. The number of anilines is 1. The van der Waals surface area contributed by atoms with Crippen molar-refractivity contribution in [2.24, 2.45) is 13.0 Å². The van der Waals surface area contributed by atoms with Gasteiger partial charge in [-0.05, 0) is 65.4 Å². The number of benzene rings is 2. The number of halogens is 1. The molecule has 11 nitrogen and oxygen atoms in total. The fourth-order valence-corrected chi connectivity index (χ4v) is 4.63. The standard InChI is InChI=1S/C26H31FN8O3/c1-17(36)29-23(25(37)35-12-4-5-19(16-35)13-18-8-10-21(27)11-9-18)15-28-26(38)30-22-7-3-6-20(14-22)24-31-32-33-34(24)2/h3,6-11,14,19,23H,4-5,12-13,15-16H2,1-2H3,(H,29,36)(H2,28,30,38)/t19-,23+/m0/s1. The van der Waals surface area contributed by atoms with Crippen LogP contribution in [0.15, 0.2) is 48.5 Å². The Kier molecular flexibility index (Phi) is 8.62. The predicted octanol–water partition coefficient (Wildman–Crippen LogP) is 2.12. The van der Waals surface area contributed by atoms with Gasteiger partial charge in [-0.3, -0.25) is 9.59 Å². The number of tetrazole rings is 1. The lowest BCUT2D eigenvalue weighted by Crippen LogP contribution is -2.55. The summed E-state index contributed by atoms with van der Waals surface area (Å²) in [6.07, 6.45) is 2.52. The van der Waals surface area contributed by atoms with E-state index < -0.39 is 12.1 Å². The number of amides is 4. The van der Waals surface area contributed by atoms with Gasteiger partial charge in [-0.2, -0.15) is 0 Å². The topological polar surface area (TPSA) is 134 Å². The largest absolute Gasteiger partial charge is 0.343 e. The molecule has 0 radical (unpaired) electrons. The van der Waals surface area contributed by atoms with Gasteiger partial charge in [0.2, 0.25) is 11.8 Å². The van der Waals surface area contributed by atoms with Crippen molar-refractivity contribution in [3.63, 3.8) is 0 Å². The maximum atomic E-state index is 13.3. The van der Waals surface area contributed by atoms with E-state index in [0.717, 1.165) is 30.4 Å². The minimum Gasteiger partial charge on any atom is -0.343 e. The Morgan fingerprint density at radius 1 is 1.16 bits per heavy atom. The molecular formula is C26H31FN8O3. The van der Waals surface area contributed by atoms with E-state index in [-0.39, 0.29) is 30.1 Å². The highest BCUT2D eigenvalue weighted by atomic mass is 19.1. The summed E-state index contributed by atoms with van der Waals surface area (Å²) in [6, 6.07) is 12.0. The van der Waals surface area contributed by atoms with E-state index >= 15 is 0 Å². The maximum Gasteiger partial charge on any atom is 0.319 e. The molecule has 3 N–H and O–H groups in total. The summed E-state index contributed by atoms with van der Waals surface area (Å²) in [6.45, 7) is 2.36. The van der Waals surface area contributed by atoms with Crippen LogP contribution < -0.4 is 16.0 Å². The molecule has 2 atom stereocenters. The Morgan fingerprint density at radius 2 is 1.95 bits per heavy atom. The number of nitrogens with zero attached hydrogens (tertiary/aromatic N) is 5. The molecule has 1 aliphatic rings. The number of aromatic nitrogens is 4. The van der Waals surface area contributed by atoms with Crippen molar-refractivity contribution in [1.29, 1.82) is 0 Å². The number of piperidine rings is 1. The van der Waals surface area contributed by atoms with Crippen molar-refractivity contribution < 1.29 is 18.8 Å². The first-order valence-corrected chi connectivity index (χ1v) is 12.5. The van der Waals surface area contributed by atoms with Crippen LogP contribution in [0.5, 0.6) is 0 Å². The zero-order valence-electron chi connectivity index (χ0n) is 21.4. The number of hydrogen-bond acceptors (Lipinski definition) is 6. The minimum absolute atomic E-state index is 0.0731. The van der Waals surface area contributed by atoms with E-state index in [2.05, 4.69) is 31.5 Å². The number of carbonyl (C=O) groups excluding carboxylic acids is 3. The average molecular weight is 523 g/mol. The van der Waals surface area contributed by atoms with Crippen molar-refractivity contribution in [2.45, 2.75) is 32.2 Å². The van der Waals surface area contributed by atoms with Crippen molar-refractivity contribution in [1.82, 2.24) is 35.7 Å². The van der Waals surface area contributed by atoms with Crippen LogP contribution >= 0.6 is 0 Å². The molecule has 2 aromatic carbocycles. The van der Waals surface area contributed by atoms with E-state index in [4.69, 9.17) is 0 Å². The Bertz CT molecular complexity index is 1280. The van der Waals surface area contributed by atoms with Crippen molar-refractivity contribution in [2.75, 3.05) is 25.0 Å². The van der Waals surface area contributed by atoms with E-state index in [1.807, 2.05) is 6.07 Å². The highest BCUT2D eigenvalue weighted by Gasteiger charge is 2.30. The van der Waals surface area contributed by atoms with Gasteiger partial charge in [0.05, 0.1) is 0 Å². The zero-order chi connectivity index (χ0) is 27.1. The lowest BCUT2D eigenvalue weighted by molar-refractivity contribution is -0.137. The summed E-state index contributed by atoms with van der Waals surface area (Å²) in [5.74, 6) is -0.121. The minimum atomic E-state index is -0.904. The third kappa shape index (κ3) is 7.11. The molecule has 12 heteroatoms. The fraction of sp³-hybridized carbons (Fsp3) is 0.385. The summed E-state index contributed by atoms with van der Waals surface area (Å²) in [4.78, 5) is 39.5. The van der Waals surface area contributed by atoms with Crippen molar-refractivity contribution in [3.05, 3.63) is 59.9 Å². The normalized spacial score (nSPS) is 16.0. The molecule has 0 saturated carbocycles. The van der Waals surface area contributed by atoms with E-state index in [1.54, 1.807) is 42.3 Å². The first-order chi connectivity index (χ1) is 18.3. The lowest BCUT2D eigenvalue weighted by Gasteiger charge is -2.35. The van der Waals surface area contributed by atoms with Gasteiger partial charge in [0.15, 0.2) is 5.82 Å². The third-order valence-electron chi connectivity index (χ3n) is 6.41. The molecule has 4 rings (SSSR count). The number of carbonyl (C=O) groups is 3. The monoisotopic (exact) mass is 522 g/mol. The van der Waals surface area contributed by atoms with E-state index in [0.29, 0.717) is 24.6 Å². The molecule has 1 fully saturated rings. The first-order valence-electron chi connectivity index (χ1n) is 12.5. The molecule has 0 aliphatic carbocycles. The lowest BCUT2D eigenvalue weighted by atomic mass is 9.91. The summed E-state index contributed by atoms with van der Waals surface area (Å²) < 4.78 is 14.8. The fourth-order valence-electron chi connectivity index (χ4n) is 4.63. The Morgan fingerprint density at radius 3 is 2.66 bits per heavy atom. The van der Waals surface area contributed by atoms with Crippen LogP contribution in [0.25, 0.3) is 11.4 Å². The van der Waals surface area contributed by atoms with Crippen LogP contribution in [0, 0.1) is 11.7 Å². The van der Waals surface area contributed by atoms with Crippen LogP contribution in [0.4, 0.5) is 14.9 Å². The zero-order valence-corrected chi connectivity index (χ0v) is 21.4. The van der Waals surface area contributed by atoms with Crippen LogP contribution in [-0.2, 0) is 23.1 Å². The van der Waals surface area contributed by atoms with Gasteiger partial charge in [0.1, 0.15) is 11.9 Å².